The molecule has 0 aliphatic carbocycles. The molecule has 115 valence electrons. The van der Waals surface area contributed by atoms with Crippen molar-refractivity contribution in [2.75, 3.05) is 13.2 Å². The van der Waals surface area contributed by atoms with Crippen molar-refractivity contribution in [2.24, 2.45) is 5.92 Å². The Balaban J connectivity index is 2.26. The van der Waals surface area contributed by atoms with Crippen LogP contribution >= 0.6 is 23.2 Å². The molecule has 0 saturated carbocycles. The van der Waals surface area contributed by atoms with Gasteiger partial charge in [-0.1, -0.05) is 36.7 Å². The molecular weight excluding hydrogens is 326 g/mol. The molecule has 0 aliphatic rings. The maximum atomic E-state index is 5.94. The first kappa shape index (κ1) is 19.0. The van der Waals surface area contributed by atoms with Crippen molar-refractivity contribution in [3.8, 4) is 0 Å². The smallest absolute Gasteiger partial charge is 0.155 e. The maximum Gasteiger partial charge on any atom is 0.155 e. The topological polar surface area (TPSA) is 27.7 Å². The molecule has 3 nitrogen and oxygen atoms in total. The van der Waals surface area contributed by atoms with Gasteiger partial charge >= 0.3 is 0 Å². The Morgan fingerprint density at radius 3 is 2.29 bits per heavy atom. The van der Waals surface area contributed by atoms with Crippen molar-refractivity contribution >= 4 is 39.6 Å². The summed E-state index contributed by atoms with van der Waals surface area (Å²) in [5.41, 5.74) is 0.917. The van der Waals surface area contributed by atoms with E-state index >= 15 is 0 Å². The van der Waals surface area contributed by atoms with Crippen molar-refractivity contribution in [3.63, 3.8) is 0 Å². The first-order valence-corrected chi connectivity index (χ1v) is 9.51. The molecule has 0 N–H and O–H groups in total. The lowest BCUT2D eigenvalue weighted by atomic mass is 10.2. The highest BCUT2D eigenvalue weighted by atomic mass is 35.5. The summed E-state index contributed by atoms with van der Waals surface area (Å²) in [5.74, 6) is 0.278. The summed E-state index contributed by atoms with van der Waals surface area (Å²) >= 11 is 11.9. The SMILES string of the molecule is [B][Si](C)OCC(C)COC(C)OCc1cc(Cl)cc(Cl)c1. The van der Waals surface area contributed by atoms with E-state index in [0.717, 1.165) is 5.56 Å². The molecule has 0 fully saturated rings. The molecule has 3 radical (unpaired) electrons. The minimum atomic E-state index is -1.13. The number of hydrogen-bond acceptors (Lipinski definition) is 3. The van der Waals surface area contributed by atoms with E-state index in [1.54, 1.807) is 6.07 Å². The van der Waals surface area contributed by atoms with Gasteiger partial charge in [-0.2, -0.15) is 0 Å². The van der Waals surface area contributed by atoms with Crippen molar-refractivity contribution < 1.29 is 13.9 Å². The van der Waals surface area contributed by atoms with E-state index in [1.165, 1.54) is 0 Å². The van der Waals surface area contributed by atoms with Crippen LogP contribution in [0.4, 0.5) is 0 Å². The van der Waals surface area contributed by atoms with Crippen molar-refractivity contribution in [3.05, 3.63) is 33.8 Å². The van der Waals surface area contributed by atoms with Crippen LogP contribution in [-0.2, 0) is 20.5 Å². The summed E-state index contributed by atoms with van der Waals surface area (Å²) in [6, 6.07) is 5.33. The molecule has 2 unspecified atom stereocenters. The molecule has 0 amide bonds. The van der Waals surface area contributed by atoms with Crippen LogP contribution in [0.5, 0.6) is 0 Å². The molecule has 7 heteroatoms. The second-order valence-corrected chi connectivity index (χ2v) is 7.40. The van der Waals surface area contributed by atoms with Crippen LogP contribution in [0.15, 0.2) is 18.2 Å². The molecule has 1 aromatic carbocycles. The second-order valence-electron chi connectivity index (χ2n) is 5.02. The summed E-state index contributed by atoms with van der Waals surface area (Å²) in [5, 5.41) is 1.19. The van der Waals surface area contributed by atoms with Gasteiger partial charge in [0.2, 0.25) is 0 Å². The normalized spacial score (nSPS) is 14.4. The van der Waals surface area contributed by atoms with E-state index in [-0.39, 0.29) is 12.2 Å². The predicted octanol–water partition coefficient (Wildman–Crippen LogP) is 3.81. The van der Waals surface area contributed by atoms with E-state index < -0.39 is 8.91 Å². The molecule has 2 atom stereocenters. The standard InChI is InChI=1S/C14H20BCl2O3Si/c1-10(8-20-21(3)15)7-18-11(2)19-9-12-4-13(16)6-14(17)5-12/h4-6,10-11H,7-9H2,1-3H3. The molecule has 0 spiro atoms. The first-order chi connectivity index (χ1) is 9.86. The van der Waals surface area contributed by atoms with Crippen LogP contribution in [0.1, 0.15) is 19.4 Å². The van der Waals surface area contributed by atoms with Gasteiger partial charge < -0.3 is 13.9 Å². The zero-order valence-electron chi connectivity index (χ0n) is 12.6. The number of ether oxygens (including phenoxy) is 2. The number of hydrogen-bond donors (Lipinski definition) is 0. The molecule has 0 heterocycles. The van der Waals surface area contributed by atoms with Gasteiger partial charge in [0, 0.05) is 22.6 Å². The van der Waals surface area contributed by atoms with Gasteiger partial charge in [0.25, 0.3) is 0 Å². The Morgan fingerprint density at radius 2 is 1.71 bits per heavy atom. The summed E-state index contributed by atoms with van der Waals surface area (Å²) in [4.78, 5) is 0. The van der Waals surface area contributed by atoms with E-state index in [2.05, 4.69) is 0 Å². The molecular formula is C14H20BCl2O3Si. The Labute approximate surface area is 139 Å². The Bertz CT molecular complexity index is 414. The Kier molecular flexibility index (Phi) is 8.94. The summed E-state index contributed by atoms with van der Waals surface area (Å²) in [7, 11) is 4.49. The van der Waals surface area contributed by atoms with E-state index in [4.69, 9.17) is 44.5 Å². The monoisotopic (exact) mass is 345 g/mol. The van der Waals surface area contributed by atoms with Crippen molar-refractivity contribution in [1.82, 2.24) is 0 Å². The van der Waals surface area contributed by atoms with Gasteiger partial charge in [-0.15, -0.1) is 0 Å². The molecule has 0 bridgehead atoms. The van der Waals surface area contributed by atoms with Crippen LogP contribution in [0.3, 0.4) is 0 Å². The van der Waals surface area contributed by atoms with Crippen LogP contribution in [0, 0.1) is 5.92 Å². The van der Waals surface area contributed by atoms with Gasteiger partial charge in [0.1, 0.15) is 0 Å². The maximum absolute atomic E-state index is 5.94. The Hall–Kier alpha value is -0.0382. The predicted molar refractivity (Wildman–Crippen MR) is 89.2 cm³/mol. The second kappa shape index (κ2) is 9.87. The fraction of sp³-hybridized carbons (Fsp3) is 0.571. The molecule has 0 aliphatic heterocycles. The van der Waals surface area contributed by atoms with Crippen LogP contribution in [0.2, 0.25) is 16.6 Å². The average molecular weight is 346 g/mol. The zero-order chi connectivity index (χ0) is 15.8. The average Bonchev–Trinajstić information content (AvgIpc) is 2.39. The first-order valence-electron chi connectivity index (χ1n) is 6.76. The summed E-state index contributed by atoms with van der Waals surface area (Å²) in [6.45, 7) is 7.38. The quantitative estimate of drug-likeness (QED) is 0.503. The lowest BCUT2D eigenvalue weighted by Crippen LogP contribution is -2.23. The van der Waals surface area contributed by atoms with Gasteiger partial charge in [0.05, 0.1) is 20.7 Å². The highest BCUT2D eigenvalue weighted by molar-refractivity contribution is 6.98. The highest BCUT2D eigenvalue weighted by Gasteiger charge is 2.09. The van der Waals surface area contributed by atoms with E-state index in [9.17, 15) is 0 Å². The number of halogens is 2. The zero-order valence-corrected chi connectivity index (χ0v) is 15.1. The van der Waals surface area contributed by atoms with Crippen LogP contribution < -0.4 is 0 Å². The minimum absolute atomic E-state index is 0.278. The summed E-state index contributed by atoms with van der Waals surface area (Å²) < 4.78 is 16.7. The number of benzene rings is 1. The largest absolute Gasteiger partial charge is 0.427 e. The lowest BCUT2D eigenvalue weighted by molar-refractivity contribution is -0.146. The van der Waals surface area contributed by atoms with Crippen molar-refractivity contribution in [2.45, 2.75) is 33.3 Å². The van der Waals surface area contributed by atoms with E-state index in [0.29, 0.717) is 29.9 Å². The third-order valence-corrected chi connectivity index (χ3v) is 3.68. The third kappa shape index (κ3) is 8.86. The van der Waals surface area contributed by atoms with Gasteiger partial charge in [-0.25, -0.2) is 0 Å². The molecule has 1 rings (SSSR count). The van der Waals surface area contributed by atoms with Crippen LogP contribution in [-0.4, -0.2) is 35.9 Å². The van der Waals surface area contributed by atoms with Gasteiger partial charge in [0.15, 0.2) is 15.2 Å². The highest BCUT2D eigenvalue weighted by Crippen LogP contribution is 2.20. The molecule has 1 aromatic rings. The van der Waals surface area contributed by atoms with E-state index in [1.807, 2.05) is 32.5 Å². The Morgan fingerprint density at radius 1 is 1.10 bits per heavy atom. The third-order valence-electron chi connectivity index (χ3n) is 2.62. The summed E-state index contributed by atoms with van der Waals surface area (Å²) in [6.07, 6.45) is -0.311. The minimum Gasteiger partial charge on any atom is -0.427 e. The van der Waals surface area contributed by atoms with Gasteiger partial charge in [-0.05, 0) is 30.7 Å². The molecule has 0 aromatic heterocycles. The fourth-order valence-electron chi connectivity index (χ4n) is 1.58. The van der Waals surface area contributed by atoms with Crippen LogP contribution in [0.25, 0.3) is 0 Å². The van der Waals surface area contributed by atoms with Gasteiger partial charge in [-0.3, -0.25) is 0 Å². The van der Waals surface area contributed by atoms with Crippen molar-refractivity contribution in [1.29, 1.82) is 0 Å². The molecule has 21 heavy (non-hydrogen) atoms. The lowest BCUT2D eigenvalue weighted by Gasteiger charge is -2.18. The number of rotatable bonds is 9. The molecule has 0 saturated heterocycles. The fourth-order valence-corrected chi connectivity index (χ4v) is 2.70.